The van der Waals surface area contributed by atoms with Gasteiger partial charge in [0.25, 0.3) is 0 Å². The quantitative estimate of drug-likeness (QED) is 0.106. The first-order valence-corrected chi connectivity index (χ1v) is 22.8. The second-order valence-corrected chi connectivity index (χ2v) is 17.1. The first-order valence-electron chi connectivity index (χ1n) is 22.8. The van der Waals surface area contributed by atoms with Crippen LogP contribution in [0.3, 0.4) is 0 Å². The van der Waals surface area contributed by atoms with Crippen LogP contribution in [-0.4, -0.2) is 0 Å². The highest BCUT2D eigenvalue weighted by Gasteiger charge is 2.22. The zero-order chi connectivity index (χ0) is 43.8. The highest BCUT2D eigenvalue weighted by molar-refractivity contribution is 6.30. The van der Waals surface area contributed by atoms with Crippen molar-refractivity contribution >= 4 is 54.7 Å². The molecule has 0 saturated carbocycles. The summed E-state index contributed by atoms with van der Waals surface area (Å²) in [5, 5.41) is 9.96. The van der Waals surface area contributed by atoms with Gasteiger partial charge in [-0.05, 0) is 133 Å². The molecule has 0 saturated heterocycles. The van der Waals surface area contributed by atoms with Gasteiger partial charge in [-0.1, -0.05) is 255 Å². The van der Waals surface area contributed by atoms with E-state index in [0.717, 1.165) is 5.56 Å². The maximum atomic E-state index is 2.37. The Morgan fingerprint density at radius 3 is 0.955 bits per heavy atom. The fourth-order valence-electron chi connectivity index (χ4n) is 10.2. The fraction of sp³-hybridized carbons (Fsp3) is 0. The van der Waals surface area contributed by atoms with Gasteiger partial charge in [-0.3, -0.25) is 0 Å². The number of benzene rings is 12. The number of rotatable bonds is 8. The van der Waals surface area contributed by atoms with Crippen LogP contribution >= 0.6 is 0 Å². The van der Waals surface area contributed by atoms with Crippen molar-refractivity contribution in [3.05, 3.63) is 278 Å². The van der Waals surface area contributed by atoms with Crippen molar-refractivity contribution in [2.75, 3.05) is 0 Å². The van der Waals surface area contributed by atoms with E-state index in [1.165, 1.54) is 115 Å². The Balaban J connectivity index is 1.02. The van der Waals surface area contributed by atoms with Crippen molar-refractivity contribution < 1.29 is 0 Å². The summed E-state index contributed by atoms with van der Waals surface area (Å²) in [4.78, 5) is 0. The molecule has 0 heteroatoms. The molecular formula is C66H44. The van der Waals surface area contributed by atoms with Crippen LogP contribution in [0.1, 0.15) is 16.7 Å². The van der Waals surface area contributed by atoms with Crippen molar-refractivity contribution in [2.24, 2.45) is 0 Å². The third kappa shape index (κ3) is 6.97. The highest BCUT2D eigenvalue weighted by atomic mass is 14.3. The van der Waals surface area contributed by atoms with E-state index in [-0.39, 0.29) is 0 Å². The van der Waals surface area contributed by atoms with Crippen LogP contribution < -0.4 is 0 Å². The third-order valence-electron chi connectivity index (χ3n) is 13.3. The highest BCUT2D eigenvalue weighted by Crippen LogP contribution is 2.50. The summed E-state index contributed by atoms with van der Waals surface area (Å²) < 4.78 is 0. The minimum atomic E-state index is 1.16. The van der Waals surface area contributed by atoms with Crippen LogP contribution in [-0.2, 0) is 0 Å². The molecule has 0 spiro atoms. The lowest BCUT2D eigenvalue weighted by Crippen LogP contribution is -1.95. The van der Waals surface area contributed by atoms with Crippen LogP contribution in [0.2, 0.25) is 0 Å². The Kier molecular flexibility index (Phi) is 9.97. The average Bonchev–Trinajstić information content (AvgIpc) is 3.40. The summed E-state index contributed by atoms with van der Waals surface area (Å²) in [6.07, 6.45) is 2.31. The van der Waals surface area contributed by atoms with Gasteiger partial charge in [0, 0.05) is 0 Å². The molecule has 12 aromatic rings. The van der Waals surface area contributed by atoms with Crippen LogP contribution in [0.4, 0.5) is 0 Å². The topological polar surface area (TPSA) is 0 Å². The molecule has 0 aliphatic heterocycles. The number of hydrogen-bond acceptors (Lipinski definition) is 0. The van der Waals surface area contributed by atoms with Crippen molar-refractivity contribution in [3.63, 3.8) is 0 Å². The smallest absolute Gasteiger partial charge is 0.00139 e. The Morgan fingerprint density at radius 1 is 0.212 bits per heavy atom. The number of hydrogen-bond donors (Lipinski definition) is 0. The standard InChI is InChI=1S/C66H44/c1-4-19-46(20-5-1)47-39-41-48(42-40-47)52-25-18-26-53(44-52)64-56-29-12-16-33-60(56)66(61-34-17-13-30-57(61)64)65-58-31-14-10-27-54(58)63(55-28-11-15-32-59(55)65)51-37-35-45(36-38-51)43-62(49-21-6-2-7-22-49)50-23-8-3-9-24-50/h1-44H. The van der Waals surface area contributed by atoms with Crippen molar-refractivity contribution in [3.8, 4) is 55.6 Å². The van der Waals surface area contributed by atoms with E-state index in [0.29, 0.717) is 0 Å². The van der Waals surface area contributed by atoms with Crippen LogP contribution in [0.5, 0.6) is 0 Å². The van der Waals surface area contributed by atoms with Crippen LogP contribution in [0.25, 0.3) is 110 Å². The molecular weight excluding hydrogens is 793 g/mol. The first kappa shape index (κ1) is 39.0. The van der Waals surface area contributed by atoms with Gasteiger partial charge >= 0.3 is 0 Å². The molecule has 0 bridgehead atoms. The Morgan fingerprint density at radius 2 is 0.515 bits per heavy atom. The molecule has 308 valence electrons. The third-order valence-corrected chi connectivity index (χ3v) is 13.3. The first-order chi connectivity index (χ1) is 32.8. The van der Waals surface area contributed by atoms with Gasteiger partial charge in [-0.25, -0.2) is 0 Å². The summed E-state index contributed by atoms with van der Waals surface area (Å²) in [5.74, 6) is 0. The molecule has 12 rings (SSSR count). The summed E-state index contributed by atoms with van der Waals surface area (Å²) >= 11 is 0. The zero-order valence-electron chi connectivity index (χ0n) is 36.4. The fourth-order valence-corrected chi connectivity index (χ4v) is 10.2. The van der Waals surface area contributed by atoms with Gasteiger partial charge in [0.15, 0.2) is 0 Å². The van der Waals surface area contributed by atoms with E-state index in [2.05, 4.69) is 267 Å². The second kappa shape index (κ2) is 16.8. The average molecular weight is 837 g/mol. The molecule has 0 heterocycles. The predicted octanol–water partition coefficient (Wildman–Crippen LogP) is 18.2. The van der Waals surface area contributed by atoms with Gasteiger partial charge < -0.3 is 0 Å². The van der Waals surface area contributed by atoms with Gasteiger partial charge in [0.05, 0.1) is 0 Å². The van der Waals surface area contributed by atoms with Crippen molar-refractivity contribution in [1.82, 2.24) is 0 Å². The van der Waals surface area contributed by atoms with Crippen LogP contribution in [0, 0.1) is 0 Å². The molecule has 0 radical (unpaired) electrons. The van der Waals surface area contributed by atoms with E-state index in [9.17, 15) is 0 Å². The van der Waals surface area contributed by atoms with E-state index in [1.807, 2.05) is 0 Å². The summed E-state index contributed by atoms with van der Waals surface area (Å²) in [5.41, 5.74) is 17.1. The minimum Gasteiger partial charge on any atom is -0.0622 e. The van der Waals surface area contributed by atoms with Gasteiger partial charge in [0.2, 0.25) is 0 Å². The minimum absolute atomic E-state index is 1.16. The summed E-state index contributed by atoms with van der Waals surface area (Å²) in [6.45, 7) is 0. The van der Waals surface area contributed by atoms with Gasteiger partial charge in [-0.2, -0.15) is 0 Å². The molecule has 0 N–H and O–H groups in total. The zero-order valence-corrected chi connectivity index (χ0v) is 36.4. The Hall–Kier alpha value is -8.58. The monoisotopic (exact) mass is 836 g/mol. The second-order valence-electron chi connectivity index (χ2n) is 17.1. The van der Waals surface area contributed by atoms with Gasteiger partial charge in [-0.15, -0.1) is 0 Å². The lowest BCUT2D eigenvalue weighted by molar-refractivity contribution is 1.55. The van der Waals surface area contributed by atoms with E-state index < -0.39 is 0 Å². The molecule has 0 fully saturated rings. The van der Waals surface area contributed by atoms with E-state index in [1.54, 1.807) is 0 Å². The largest absolute Gasteiger partial charge is 0.0622 e. The molecule has 66 heavy (non-hydrogen) atoms. The van der Waals surface area contributed by atoms with E-state index >= 15 is 0 Å². The predicted molar refractivity (Wildman–Crippen MR) is 284 cm³/mol. The summed E-state index contributed by atoms with van der Waals surface area (Å²) in [7, 11) is 0. The SMILES string of the molecule is C(=C(c1ccccc1)c1ccccc1)c1ccc(-c2c3ccccc3c(-c3c4ccccc4c(-c4cccc(-c5ccc(-c6ccccc6)cc5)c4)c4ccccc34)c3ccccc23)cc1. The molecule has 0 nitrogen and oxygen atoms in total. The molecule has 0 aliphatic rings. The normalized spacial score (nSPS) is 11.3. The molecule has 0 aromatic heterocycles. The maximum Gasteiger partial charge on any atom is -0.00139 e. The molecule has 0 aliphatic carbocycles. The molecule has 0 atom stereocenters. The Labute approximate surface area is 386 Å². The Bertz CT molecular complexity index is 3590. The van der Waals surface area contributed by atoms with Crippen molar-refractivity contribution in [2.45, 2.75) is 0 Å². The summed E-state index contributed by atoms with van der Waals surface area (Å²) in [6, 6.07) is 95.3. The molecule has 0 amide bonds. The lowest BCUT2D eigenvalue weighted by Gasteiger charge is -2.22. The van der Waals surface area contributed by atoms with Crippen molar-refractivity contribution in [1.29, 1.82) is 0 Å². The maximum absolute atomic E-state index is 2.37. The van der Waals surface area contributed by atoms with Gasteiger partial charge in [0.1, 0.15) is 0 Å². The van der Waals surface area contributed by atoms with Crippen LogP contribution in [0.15, 0.2) is 261 Å². The molecule has 12 aromatic carbocycles. The lowest BCUT2D eigenvalue weighted by atomic mass is 9.81. The molecule has 0 unspecified atom stereocenters. The number of fused-ring (bicyclic) bond motifs is 4. The van der Waals surface area contributed by atoms with E-state index in [4.69, 9.17) is 0 Å².